The molecule has 0 atom stereocenters. The second-order valence-corrected chi connectivity index (χ2v) is 7.08. The van der Waals surface area contributed by atoms with E-state index in [2.05, 4.69) is 15.6 Å². The van der Waals surface area contributed by atoms with Crippen molar-refractivity contribution in [3.63, 3.8) is 0 Å². The molecule has 2 aromatic heterocycles. The predicted molar refractivity (Wildman–Crippen MR) is 108 cm³/mol. The first kappa shape index (κ1) is 19.9. The van der Waals surface area contributed by atoms with Crippen LogP contribution >= 0.6 is 22.9 Å². The highest BCUT2D eigenvalue weighted by atomic mass is 35.5. The second kappa shape index (κ2) is 9.38. The zero-order chi connectivity index (χ0) is 19.9. The maximum atomic E-state index is 12.4. The number of halogens is 1. The minimum absolute atomic E-state index is 0.0485. The van der Waals surface area contributed by atoms with Crippen molar-refractivity contribution < 1.29 is 18.7 Å². The number of nitrogens with one attached hydrogen (secondary N) is 2. The topological polar surface area (TPSA) is 93.5 Å². The number of benzene rings is 1. The Hall–Kier alpha value is -2.84. The number of rotatable bonds is 8. The van der Waals surface area contributed by atoms with Crippen LogP contribution in [0.2, 0.25) is 5.02 Å². The van der Waals surface area contributed by atoms with Gasteiger partial charge in [0.15, 0.2) is 10.9 Å². The van der Waals surface area contributed by atoms with Crippen LogP contribution in [0, 0.1) is 0 Å². The smallest absolute Gasteiger partial charge is 0.293 e. The number of anilines is 2. The molecule has 0 spiro atoms. The molecule has 0 aliphatic carbocycles. The van der Waals surface area contributed by atoms with E-state index in [-0.39, 0.29) is 18.1 Å². The zero-order valence-corrected chi connectivity index (χ0v) is 16.6. The van der Waals surface area contributed by atoms with Gasteiger partial charge in [-0.2, -0.15) is 0 Å². The summed E-state index contributed by atoms with van der Waals surface area (Å²) in [7, 11) is 0. The zero-order valence-electron chi connectivity index (χ0n) is 15.0. The van der Waals surface area contributed by atoms with E-state index in [0.29, 0.717) is 33.9 Å². The van der Waals surface area contributed by atoms with E-state index in [4.69, 9.17) is 20.8 Å². The van der Waals surface area contributed by atoms with Gasteiger partial charge >= 0.3 is 0 Å². The number of ether oxygens (including phenoxy) is 1. The number of carbonyl (C=O) groups is 2. The molecule has 0 unspecified atom stereocenters. The molecule has 2 heterocycles. The predicted octanol–water partition coefficient (Wildman–Crippen LogP) is 4.61. The average molecular weight is 420 g/mol. The summed E-state index contributed by atoms with van der Waals surface area (Å²) in [6, 6.07) is 8.25. The van der Waals surface area contributed by atoms with Crippen LogP contribution in [0.3, 0.4) is 0 Å². The van der Waals surface area contributed by atoms with Crippen LogP contribution in [0.25, 0.3) is 0 Å². The third-order valence-electron chi connectivity index (χ3n) is 3.54. The molecule has 2 N–H and O–H groups in total. The maximum Gasteiger partial charge on any atom is 0.293 e. The van der Waals surface area contributed by atoms with Gasteiger partial charge in [-0.05, 0) is 36.8 Å². The first-order chi connectivity index (χ1) is 13.5. The van der Waals surface area contributed by atoms with E-state index < -0.39 is 5.91 Å². The number of thiazole rings is 1. The molecule has 0 saturated heterocycles. The number of hydrogen-bond donors (Lipinski definition) is 2. The molecule has 0 bridgehead atoms. The fourth-order valence-corrected chi connectivity index (χ4v) is 3.19. The van der Waals surface area contributed by atoms with E-state index in [9.17, 15) is 9.59 Å². The standard InChI is InChI=1S/C19H18ClN3O4S/c1-2-7-26-15-6-5-12(20)9-14(15)22-17(24)10-13-11-28-19(21-13)23-18(25)16-4-3-8-27-16/h3-6,8-9,11H,2,7,10H2,1H3,(H,22,24)(H,21,23,25). The van der Waals surface area contributed by atoms with Crippen LogP contribution in [0.1, 0.15) is 29.6 Å². The molecule has 28 heavy (non-hydrogen) atoms. The molecule has 7 nitrogen and oxygen atoms in total. The van der Waals surface area contributed by atoms with Crippen molar-refractivity contribution in [3.05, 3.63) is 58.5 Å². The Balaban J connectivity index is 1.60. The molecule has 2 amide bonds. The molecule has 1 aromatic carbocycles. The third-order valence-corrected chi connectivity index (χ3v) is 4.58. The Bertz CT molecular complexity index is 956. The lowest BCUT2D eigenvalue weighted by atomic mass is 10.2. The molecule has 0 aliphatic heterocycles. The van der Waals surface area contributed by atoms with Gasteiger partial charge in [-0.15, -0.1) is 11.3 Å². The largest absolute Gasteiger partial charge is 0.491 e. The summed E-state index contributed by atoms with van der Waals surface area (Å²) in [5, 5.41) is 8.02. The fraction of sp³-hybridized carbons (Fsp3) is 0.211. The van der Waals surface area contributed by atoms with E-state index in [1.165, 1.54) is 17.6 Å². The second-order valence-electron chi connectivity index (χ2n) is 5.79. The Morgan fingerprint density at radius 2 is 2.14 bits per heavy atom. The van der Waals surface area contributed by atoms with Crippen molar-refractivity contribution in [2.24, 2.45) is 0 Å². The van der Waals surface area contributed by atoms with Crippen molar-refractivity contribution in [1.29, 1.82) is 0 Å². The van der Waals surface area contributed by atoms with Crippen molar-refractivity contribution in [1.82, 2.24) is 4.98 Å². The van der Waals surface area contributed by atoms with Gasteiger partial charge in [0.2, 0.25) is 5.91 Å². The van der Waals surface area contributed by atoms with Gasteiger partial charge in [0, 0.05) is 10.4 Å². The average Bonchev–Trinajstić information content (AvgIpc) is 3.33. The van der Waals surface area contributed by atoms with Crippen molar-refractivity contribution in [3.8, 4) is 5.75 Å². The lowest BCUT2D eigenvalue weighted by Crippen LogP contribution is -2.16. The van der Waals surface area contributed by atoms with Crippen molar-refractivity contribution in [2.75, 3.05) is 17.2 Å². The highest BCUT2D eigenvalue weighted by molar-refractivity contribution is 7.14. The van der Waals surface area contributed by atoms with Crippen LogP contribution in [0.5, 0.6) is 5.75 Å². The number of carbonyl (C=O) groups excluding carboxylic acids is 2. The lowest BCUT2D eigenvalue weighted by molar-refractivity contribution is -0.115. The molecule has 146 valence electrons. The Labute approximate surface area is 170 Å². The Morgan fingerprint density at radius 3 is 2.89 bits per heavy atom. The van der Waals surface area contributed by atoms with Gasteiger partial charge in [0.25, 0.3) is 5.91 Å². The van der Waals surface area contributed by atoms with E-state index in [0.717, 1.165) is 6.42 Å². The molecule has 0 radical (unpaired) electrons. The molecular formula is C19H18ClN3O4S. The molecular weight excluding hydrogens is 402 g/mol. The molecule has 9 heteroatoms. The summed E-state index contributed by atoms with van der Waals surface area (Å²) in [4.78, 5) is 28.6. The SMILES string of the molecule is CCCOc1ccc(Cl)cc1NC(=O)Cc1csc(NC(=O)c2ccco2)n1. The Kier molecular flexibility index (Phi) is 6.67. The molecule has 3 rings (SSSR count). The monoisotopic (exact) mass is 419 g/mol. The molecule has 0 aliphatic rings. The van der Waals surface area contributed by atoms with E-state index in [1.807, 2.05) is 6.92 Å². The normalized spacial score (nSPS) is 10.5. The first-order valence-electron chi connectivity index (χ1n) is 8.56. The highest BCUT2D eigenvalue weighted by Gasteiger charge is 2.14. The summed E-state index contributed by atoms with van der Waals surface area (Å²) >= 11 is 7.25. The van der Waals surface area contributed by atoms with Gasteiger partial charge in [-0.3, -0.25) is 14.9 Å². The fourth-order valence-electron chi connectivity index (χ4n) is 2.31. The van der Waals surface area contributed by atoms with Crippen molar-refractivity contribution >= 4 is 45.6 Å². The summed E-state index contributed by atoms with van der Waals surface area (Å²) in [5.41, 5.74) is 1.04. The number of hydrogen-bond acceptors (Lipinski definition) is 6. The maximum absolute atomic E-state index is 12.4. The van der Waals surface area contributed by atoms with Crippen LogP contribution in [0.4, 0.5) is 10.8 Å². The van der Waals surface area contributed by atoms with Gasteiger partial charge < -0.3 is 14.5 Å². The quantitative estimate of drug-likeness (QED) is 0.556. The van der Waals surface area contributed by atoms with Crippen LogP contribution < -0.4 is 15.4 Å². The minimum Gasteiger partial charge on any atom is -0.491 e. The van der Waals surface area contributed by atoms with Gasteiger partial charge in [0.05, 0.1) is 30.7 Å². The number of amides is 2. The van der Waals surface area contributed by atoms with Crippen molar-refractivity contribution in [2.45, 2.75) is 19.8 Å². The Morgan fingerprint density at radius 1 is 1.29 bits per heavy atom. The lowest BCUT2D eigenvalue weighted by Gasteiger charge is -2.12. The van der Waals surface area contributed by atoms with Gasteiger partial charge in [-0.25, -0.2) is 4.98 Å². The number of aromatic nitrogens is 1. The summed E-state index contributed by atoms with van der Waals surface area (Å²) in [6.07, 6.45) is 2.31. The van der Waals surface area contributed by atoms with Crippen LogP contribution in [-0.4, -0.2) is 23.4 Å². The number of furan rings is 1. The third kappa shape index (κ3) is 5.34. The summed E-state index contributed by atoms with van der Waals surface area (Å²) in [5.74, 6) is 0.0872. The van der Waals surface area contributed by atoms with Gasteiger partial charge in [-0.1, -0.05) is 18.5 Å². The molecule has 0 fully saturated rings. The molecule has 0 saturated carbocycles. The summed E-state index contributed by atoms with van der Waals surface area (Å²) < 4.78 is 10.7. The van der Waals surface area contributed by atoms with E-state index >= 15 is 0 Å². The van der Waals surface area contributed by atoms with E-state index in [1.54, 1.807) is 35.7 Å². The highest BCUT2D eigenvalue weighted by Crippen LogP contribution is 2.28. The molecule has 3 aromatic rings. The van der Waals surface area contributed by atoms with Crippen LogP contribution in [-0.2, 0) is 11.2 Å². The minimum atomic E-state index is -0.396. The van der Waals surface area contributed by atoms with Gasteiger partial charge in [0.1, 0.15) is 5.75 Å². The summed E-state index contributed by atoms with van der Waals surface area (Å²) in [6.45, 7) is 2.54. The first-order valence-corrected chi connectivity index (χ1v) is 9.82. The van der Waals surface area contributed by atoms with Crippen LogP contribution in [0.15, 0.2) is 46.4 Å². The number of nitrogens with zero attached hydrogens (tertiary/aromatic N) is 1.